The molecule has 0 aliphatic carbocycles. The van der Waals surface area contributed by atoms with Gasteiger partial charge in [-0.15, -0.1) is 0 Å². The van der Waals surface area contributed by atoms with Gasteiger partial charge in [0.15, 0.2) is 5.82 Å². The molecule has 0 bridgehead atoms. The van der Waals surface area contributed by atoms with Crippen LogP contribution in [-0.2, 0) is 6.42 Å². The smallest absolute Gasteiger partial charge is 0.161 e. The molecule has 4 nitrogen and oxygen atoms in total. The number of aromatic nitrogens is 2. The summed E-state index contributed by atoms with van der Waals surface area (Å²) in [6.45, 7) is 6.13. The molecular formula is C16H21N3O. The second-order valence-electron chi connectivity index (χ2n) is 5.05. The molecule has 20 heavy (non-hydrogen) atoms. The molecule has 2 N–H and O–H groups in total. The number of hydrogen-bond donors (Lipinski definition) is 1. The molecule has 1 aromatic heterocycles. The molecule has 0 unspecified atom stereocenters. The van der Waals surface area contributed by atoms with Crippen LogP contribution in [0, 0.1) is 0 Å². The minimum Gasteiger partial charge on any atom is -0.491 e. The molecule has 2 aromatic rings. The minimum atomic E-state index is 0.141. The lowest BCUT2D eigenvalue weighted by Gasteiger charge is -2.11. The van der Waals surface area contributed by atoms with Crippen molar-refractivity contribution in [1.29, 1.82) is 0 Å². The van der Waals surface area contributed by atoms with Gasteiger partial charge in [-0.2, -0.15) is 0 Å². The Morgan fingerprint density at radius 3 is 2.70 bits per heavy atom. The number of rotatable bonds is 5. The van der Waals surface area contributed by atoms with Crippen LogP contribution in [-0.4, -0.2) is 16.1 Å². The Morgan fingerprint density at radius 2 is 2.00 bits per heavy atom. The van der Waals surface area contributed by atoms with Crippen molar-refractivity contribution < 1.29 is 4.74 Å². The van der Waals surface area contributed by atoms with E-state index in [1.165, 1.54) is 0 Å². The second kappa shape index (κ2) is 6.37. The largest absolute Gasteiger partial charge is 0.491 e. The molecule has 1 aromatic carbocycles. The standard InChI is InChI=1S/C16H21N3O/c1-4-6-13-10-15(17)19-16(18-13)12-7-5-8-14(9-12)20-11(2)3/h5,7-11H,4,6H2,1-3H3,(H2,17,18,19). The number of nitrogens with zero attached hydrogens (tertiary/aromatic N) is 2. The van der Waals surface area contributed by atoms with Crippen molar-refractivity contribution in [3.63, 3.8) is 0 Å². The van der Waals surface area contributed by atoms with Crippen LogP contribution in [0.1, 0.15) is 32.9 Å². The van der Waals surface area contributed by atoms with Crippen molar-refractivity contribution in [1.82, 2.24) is 9.97 Å². The summed E-state index contributed by atoms with van der Waals surface area (Å²) in [6, 6.07) is 9.63. The highest BCUT2D eigenvalue weighted by atomic mass is 16.5. The van der Waals surface area contributed by atoms with Gasteiger partial charge in [0.2, 0.25) is 0 Å². The van der Waals surface area contributed by atoms with E-state index in [4.69, 9.17) is 10.5 Å². The van der Waals surface area contributed by atoms with Crippen LogP contribution in [0.5, 0.6) is 5.75 Å². The first kappa shape index (κ1) is 14.3. The van der Waals surface area contributed by atoms with Crippen LogP contribution >= 0.6 is 0 Å². The Balaban J connectivity index is 2.35. The zero-order valence-electron chi connectivity index (χ0n) is 12.3. The number of hydrogen-bond acceptors (Lipinski definition) is 4. The predicted octanol–water partition coefficient (Wildman–Crippen LogP) is 3.47. The summed E-state index contributed by atoms with van der Waals surface area (Å²) < 4.78 is 5.70. The number of nitrogen functional groups attached to an aromatic ring is 1. The summed E-state index contributed by atoms with van der Waals surface area (Å²) in [5, 5.41) is 0. The van der Waals surface area contributed by atoms with E-state index in [0.717, 1.165) is 29.8 Å². The summed E-state index contributed by atoms with van der Waals surface area (Å²) in [7, 11) is 0. The van der Waals surface area contributed by atoms with Gasteiger partial charge in [0, 0.05) is 17.3 Å². The van der Waals surface area contributed by atoms with Crippen LogP contribution in [0.3, 0.4) is 0 Å². The number of benzene rings is 1. The molecule has 1 heterocycles. The van der Waals surface area contributed by atoms with Crippen molar-refractivity contribution in [2.75, 3.05) is 5.73 Å². The van der Waals surface area contributed by atoms with E-state index >= 15 is 0 Å². The topological polar surface area (TPSA) is 61.0 Å². The highest BCUT2D eigenvalue weighted by Gasteiger charge is 2.07. The summed E-state index contributed by atoms with van der Waals surface area (Å²) in [5.41, 5.74) is 7.76. The van der Waals surface area contributed by atoms with Crippen molar-refractivity contribution in [2.45, 2.75) is 39.7 Å². The van der Waals surface area contributed by atoms with E-state index in [2.05, 4.69) is 16.9 Å². The number of ether oxygens (including phenoxy) is 1. The third kappa shape index (κ3) is 3.70. The Bertz CT molecular complexity index is 582. The fraction of sp³-hybridized carbons (Fsp3) is 0.375. The maximum absolute atomic E-state index is 5.86. The molecule has 0 spiro atoms. The summed E-state index contributed by atoms with van der Waals surface area (Å²) in [4.78, 5) is 8.88. The van der Waals surface area contributed by atoms with Gasteiger partial charge in [-0.1, -0.05) is 25.5 Å². The normalized spacial score (nSPS) is 10.8. The lowest BCUT2D eigenvalue weighted by atomic mass is 10.2. The molecule has 4 heteroatoms. The van der Waals surface area contributed by atoms with Gasteiger partial charge in [-0.05, 0) is 32.4 Å². The third-order valence-corrected chi connectivity index (χ3v) is 2.77. The van der Waals surface area contributed by atoms with Gasteiger partial charge < -0.3 is 10.5 Å². The summed E-state index contributed by atoms with van der Waals surface area (Å²) >= 11 is 0. The van der Waals surface area contributed by atoms with Gasteiger partial charge in [0.1, 0.15) is 11.6 Å². The van der Waals surface area contributed by atoms with E-state index in [1.807, 2.05) is 44.2 Å². The average molecular weight is 271 g/mol. The van der Waals surface area contributed by atoms with Gasteiger partial charge in [0.25, 0.3) is 0 Å². The molecule has 0 aliphatic rings. The number of anilines is 1. The first-order chi connectivity index (χ1) is 9.58. The van der Waals surface area contributed by atoms with Crippen LogP contribution < -0.4 is 10.5 Å². The van der Waals surface area contributed by atoms with Gasteiger partial charge in [-0.25, -0.2) is 9.97 Å². The molecule has 0 amide bonds. The molecular weight excluding hydrogens is 250 g/mol. The monoisotopic (exact) mass is 271 g/mol. The van der Waals surface area contributed by atoms with Crippen molar-refractivity contribution in [3.05, 3.63) is 36.0 Å². The molecule has 2 rings (SSSR count). The maximum Gasteiger partial charge on any atom is 0.161 e. The molecule has 0 saturated heterocycles. The Kier molecular flexibility index (Phi) is 4.56. The molecule has 0 atom stereocenters. The van der Waals surface area contributed by atoms with Crippen molar-refractivity contribution in [3.8, 4) is 17.1 Å². The van der Waals surface area contributed by atoms with Crippen LogP contribution in [0.4, 0.5) is 5.82 Å². The lowest BCUT2D eigenvalue weighted by molar-refractivity contribution is 0.242. The average Bonchev–Trinajstić information content (AvgIpc) is 2.38. The SMILES string of the molecule is CCCc1cc(N)nc(-c2cccc(OC(C)C)c2)n1. The van der Waals surface area contributed by atoms with Gasteiger partial charge >= 0.3 is 0 Å². The molecule has 0 aliphatic heterocycles. The summed E-state index contributed by atoms with van der Waals surface area (Å²) in [5.74, 6) is 1.98. The van der Waals surface area contributed by atoms with E-state index in [9.17, 15) is 0 Å². The van der Waals surface area contributed by atoms with Crippen molar-refractivity contribution >= 4 is 5.82 Å². The van der Waals surface area contributed by atoms with Gasteiger partial charge in [-0.3, -0.25) is 0 Å². The fourth-order valence-corrected chi connectivity index (χ4v) is 2.01. The third-order valence-electron chi connectivity index (χ3n) is 2.77. The van der Waals surface area contributed by atoms with Crippen LogP contribution in [0.2, 0.25) is 0 Å². The number of aryl methyl sites for hydroxylation is 1. The van der Waals surface area contributed by atoms with E-state index < -0.39 is 0 Å². The van der Waals surface area contributed by atoms with E-state index in [-0.39, 0.29) is 6.10 Å². The minimum absolute atomic E-state index is 0.141. The first-order valence-electron chi connectivity index (χ1n) is 6.99. The highest BCUT2D eigenvalue weighted by Crippen LogP contribution is 2.23. The van der Waals surface area contributed by atoms with Crippen LogP contribution in [0.15, 0.2) is 30.3 Å². The zero-order chi connectivity index (χ0) is 14.5. The van der Waals surface area contributed by atoms with Crippen LogP contribution in [0.25, 0.3) is 11.4 Å². The highest BCUT2D eigenvalue weighted by molar-refractivity contribution is 5.59. The van der Waals surface area contributed by atoms with E-state index in [1.54, 1.807) is 0 Å². The van der Waals surface area contributed by atoms with Gasteiger partial charge in [0.05, 0.1) is 6.10 Å². The predicted molar refractivity (Wildman–Crippen MR) is 81.6 cm³/mol. The molecule has 106 valence electrons. The Morgan fingerprint density at radius 1 is 1.20 bits per heavy atom. The quantitative estimate of drug-likeness (QED) is 0.904. The van der Waals surface area contributed by atoms with E-state index in [0.29, 0.717) is 11.6 Å². The Hall–Kier alpha value is -2.10. The molecule has 0 fully saturated rings. The molecule has 0 saturated carbocycles. The zero-order valence-corrected chi connectivity index (χ0v) is 12.3. The summed E-state index contributed by atoms with van der Waals surface area (Å²) in [6.07, 6.45) is 2.08. The fourth-order valence-electron chi connectivity index (χ4n) is 2.01. The van der Waals surface area contributed by atoms with Crippen molar-refractivity contribution in [2.24, 2.45) is 0 Å². The number of nitrogens with two attached hydrogens (primary N) is 1. The second-order valence-corrected chi connectivity index (χ2v) is 5.05. The molecule has 0 radical (unpaired) electrons. The lowest BCUT2D eigenvalue weighted by Crippen LogP contribution is -2.05. The maximum atomic E-state index is 5.86. The first-order valence-corrected chi connectivity index (χ1v) is 6.99. The Labute approximate surface area is 120 Å².